The standard InChI is InChI=1S/C16H26N2O2S/c1-11(2)16-13(6-7-15(19)20)21-14(17-16)10-18-8-4-5-12(3)9-18/h11-12H,4-10H2,1-3H3,(H,19,20). The van der Waals surface area contributed by atoms with E-state index in [1.165, 1.54) is 12.8 Å². The summed E-state index contributed by atoms with van der Waals surface area (Å²) in [5.41, 5.74) is 1.10. The lowest BCUT2D eigenvalue weighted by molar-refractivity contribution is -0.136. The van der Waals surface area contributed by atoms with Crippen molar-refractivity contribution in [2.75, 3.05) is 13.1 Å². The summed E-state index contributed by atoms with van der Waals surface area (Å²) in [5.74, 6) is 0.401. The summed E-state index contributed by atoms with van der Waals surface area (Å²) in [6.07, 6.45) is 3.41. The summed E-state index contributed by atoms with van der Waals surface area (Å²) in [6.45, 7) is 9.80. The Morgan fingerprint density at radius 2 is 2.29 bits per heavy atom. The smallest absolute Gasteiger partial charge is 0.303 e. The molecule has 5 heteroatoms. The van der Waals surface area contributed by atoms with E-state index in [9.17, 15) is 4.79 Å². The first kappa shape index (κ1) is 16.4. The van der Waals surface area contributed by atoms with Gasteiger partial charge in [-0.2, -0.15) is 0 Å². The van der Waals surface area contributed by atoms with Crippen LogP contribution in [0.2, 0.25) is 0 Å². The van der Waals surface area contributed by atoms with Crippen LogP contribution in [-0.4, -0.2) is 34.0 Å². The summed E-state index contributed by atoms with van der Waals surface area (Å²) in [4.78, 5) is 19.2. The molecule has 1 saturated heterocycles. The fraction of sp³-hybridized carbons (Fsp3) is 0.750. The van der Waals surface area contributed by atoms with Gasteiger partial charge in [-0.1, -0.05) is 20.8 Å². The van der Waals surface area contributed by atoms with Gasteiger partial charge in [0.1, 0.15) is 5.01 Å². The van der Waals surface area contributed by atoms with Crippen LogP contribution in [0.4, 0.5) is 0 Å². The molecular formula is C16H26N2O2S. The zero-order valence-corrected chi connectivity index (χ0v) is 14.1. The first-order valence-electron chi connectivity index (χ1n) is 7.88. The van der Waals surface area contributed by atoms with Crippen molar-refractivity contribution in [3.8, 4) is 0 Å². The van der Waals surface area contributed by atoms with Gasteiger partial charge in [0.25, 0.3) is 0 Å². The van der Waals surface area contributed by atoms with Gasteiger partial charge in [-0.05, 0) is 37.6 Å². The van der Waals surface area contributed by atoms with E-state index in [2.05, 4.69) is 25.7 Å². The van der Waals surface area contributed by atoms with Crippen LogP contribution >= 0.6 is 11.3 Å². The first-order valence-corrected chi connectivity index (χ1v) is 8.70. The average molecular weight is 310 g/mol. The van der Waals surface area contributed by atoms with E-state index in [-0.39, 0.29) is 6.42 Å². The Labute approximate surface area is 131 Å². The second-order valence-corrected chi connectivity index (χ2v) is 7.62. The number of likely N-dealkylation sites (tertiary alicyclic amines) is 1. The molecule has 0 amide bonds. The second-order valence-electron chi connectivity index (χ2n) is 6.45. The van der Waals surface area contributed by atoms with Gasteiger partial charge in [-0.25, -0.2) is 4.98 Å². The Kier molecular flexibility index (Phi) is 5.76. The largest absolute Gasteiger partial charge is 0.481 e. The topological polar surface area (TPSA) is 53.4 Å². The minimum Gasteiger partial charge on any atom is -0.481 e. The molecule has 0 spiro atoms. The predicted octanol–water partition coefficient (Wildman–Crippen LogP) is 3.52. The van der Waals surface area contributed by atoms with Crippen LogP contribution < -0.4 is 0 Å². The highest BCUT2D eigenvalue weighted by Crippen LogP contribution is 2.28. The number of thiazole rings is 1. The molecule has 0 bridgehead atoms. The average Bonchev–Trinajstić information content (AvgIpc) is 2.79. The molecule has 1 aliphatic rings. The van der Waals surface area contributed by atoms with Crippen molar-refractivity contribution in [3.63, 3.8) is 0 Å². The molecule has 1 aromatic heterocycles. The van der Waals surface area contributed by atoms with Gasteiger partial charge in [0.15, 0.2) is 0 Å². The van der Waals surface area contributed by atoms with Gasteiger partial charge in [0.05, 0.1) is 18.7 Å². The summed E-state index contributed by atoms with van der Waals surface area (Å²) in [6, 6.07) is 0. The molecule has 1 N–H and O–H groups in total. The van der Waals surface area contributed by atoms with E-state index < -0.39 is 5.97 Å². The third-order valence-electron chi connectivity index (χ3n) is 3.98. The number of hydrogen-bond acceptors (Lipinski definition) is 4. The molecule has 21 heavy (non-hydrogen) atoms. The van der Waals surface area contributed by atoms with Crippen LogP contribution in [0.25, 0.3) is 0 Å². The van der Waals surface area contributed by atoms with Crippen molar-refractivity contribution < 1.29 is 9.90 Å². The van der Waals surface area contributed by atoms with Crippen molar-refractivity contribution in [3.05, 3.63) is 15.6 Å². The number of aryl methyl sites for hydroxylation is 1. The number of nitrogens with zero attached hydrogens (tertiary/aromatic N) is 2. The lowest BCUT2D eigenvalue weighted by Gasteiger charge is -2.29. The SMILES string of the molecule is CC1CCCN(Cc2nc(C(C)C)c(CCC(=O)O)s2)C1. The molecule has 1 atom stereocenters. The van der Waals surface area contributed by atoms with Crippen LogP contribution in [0.3, 0.4) is 0 Å². The zero-order chi connectivity index (χ0) is 15.4. The van der Waals surface area contributed by atoms with Gasteiger partial charge < -0.3 is 5.11 Å². The first-order chi connectivity index (χ1) is 9.95. The number of aliphatic carboxylic acids is 1. The minimum absolute atomic E-state index is 0.197. The molecule has 1 unspecified atom stereocenters. The fourth-order valence-corrected chi connectivity index (χ4v) is 4.22. The van der Waals surface area contributed by atoms with Gasteiger partial charge in [-0.3, -0.25) is 9.69 Å². The van der Waals surface area contributed by atoms with Crippen LogP contribution in [0.5, 0.6) is 0 Å². The summed E-state index contributed by atoms with van der Waals surface area (Å²) >= 11 is 1.71. The molecule has 118 valence electrons. The van der Waals surface area contributed by atoms with Crippen molar-refractivity contribution in [1.82, 2.24) is 9.88 Å². The maximum absolute atomic E-state index is 10.8. The van der Waals surface area contributed by atoms with E-state index in [0.717, 1.165) is 41.1 Å². The predicted molar refractivity (Wildman–Crippen MR) is 85.8 cm³/mol. The third-order valence-corrected chi connectivity index (χ3v) is 5.10. The third kappa shape index (κ3) is 4.78. The Morgan fingerprint density at radius 3 is 2.90 bits per heavy atom. The van der Waals surface area contributed by atoms with Gasteiger partial charge in [0.2, 0.25) is 0 Å². The fourth-order valence-electron chi connectivity index (χ4n) is 2.95. The van der Waals surface area contributed by atoms with Gasteiger partial charge in [-0.15, -0.1) is 11.3 Å². The molecule has 0 radical (unpaired) electrons. The Bertz CT molecular complexity index is 485. The number of carboxylic acid groups (broad SMARTS) is 1. The maximum atomic E-state index is 10.8. The van der Waals surface area contributed by atoms with E-state index in [0.29, 0.717) is 12.3 Å². The lowest BCUT2D eigenvalue weighted by Crippen LogP contribution is -2.33. The molecule has 4 nitrogen and oxygen atoms in total. The quantitative estimate of drug-likeness (QED) is 0.873. The Balaban J connectivity index is 2.05. The molecule has 1 aromatic rings. The zero-order valence-electron chi connectivity index (χ0n) is 13.3. The van der Waals surface area contributed by atoms with Crippen molar-refractivity contribution >= 4 is 17.3 Å². The van der Waals surface area contributed by atoms with E-state index in [1.807, 2.05) is 0 Å². The molecular weight excluding hydrogens is 284 g/mol. The number of aromatic nitrogens is 1. The van der Waals surface area contributed by atoms with E-state index >= 15 is 0 Å². The number of piperidine rings is 1. The second kappa shape index (κ2) is 7.36. The number of carboxylic acids is 1. The van der Waals surface area contributed by atoms with Crippen LogP contribution in [-0.2, 0) is 17.8 Å². The lowest BCUT2D eigenvalue weighted by atomic mass is 10.0. The molecule has 2 rings (SSSR count). The molecule has 0 aliphatic carbocycles. The van der Waals surface area contributed by atoms with Crippen LogP contribution in [0.15, 0.2) is 0 Å². The monoisotopic (exact) mass is 310 g/mol. The highest BCUT2D eigenvalue weighted by Gasteiger charge is 2.20. The van der Waals surface area contributed by atoms with E-state index in [1.54, 1.807) is 11.3 Å². The summed E-state index contributed by atoms with van der Waals surface area (Å²) < 4.78 is 0. The summed E-state index contributed by atoms with van der Waals surface area (Å²) in [7, 11) is 0. The van der Waals surface area contributed by atoms with Crippen molar-refractivity contribution in [2.24, 2.45) is 5.92 Å². The van der Waals surface area contributed by atoms with Crippen molar-refractivity contribution in [2.45, 2.75) is 58.9 Å². The molecule has 0 aromatic carbocycles. The van der Waals surface area contributed by atoms with Crippen LogP contribution in [0, 0.1) is 5.92 Å². The number of carbonyl (C=O) groups is 1. The Hall–Kier alpha value is -0.940. The van der Waals surface area contributed by atoms with Gasteiger partial charge in [0, 0.05) is 11.4 Å². The number of rotatable bonds is 6. The van der Waals surface area contributed by atoms with E-state index in [4.69, 9.17) is 10.1 Å². The molecule has 2 heterocycles. The number of hydrogen-bond donors (Lipinski definition) is 1. The maximum Gasteiger partial charge on any atom is 0.303 e. The molecule has 0 saturated carbocycles. The van der Waals surface area contributed by atoms with Gasteiger partial charge >= 0.3 is 5.97 Å². The highest BCUT2D eigenvalue weighted by atomic mass is 32.1. The summed E-state index contributed by atoms with van der Waals surface area (Å²) in [5, 5.41) is 10.0. The molecule has 1 aliphatic heterocycles. The highest BCUT2D eigenvalue weighted by molar-refractivity contribution is 7.11. The Morgan fingerprint density at radius 1 is 1.52 bits per heavy atom. The van der Waals surface area contributed by atoms with Crippen LogP contribution in [0.1, 0.15) is 61.5 Å². The normalized spacial score (nSPS) is 20.1. The minimum atomic E-state index is -0.732. The molecule has 1 fully saturated rings. The van der Waals surface area contributed by atoms with Crippen molar-refractivity contribution in [1.29, 1.82) is 0 Å².